The molecule has 0 aliphatic heterocycles. The minimum atomic E-state index is -4.46. The van der Waals surface area contributed by atoms with Gasteiger partial charge in [-0.1, -0.05) is 197 Å². The van der Waals surface area contributed by atoms with Gasteiger partial charge in [-0.25, -0.2) is 0 Å². The molecule has 0 aromatic carbocycles. The van der Waals surface area contributed by atoms with Crippen molar-refractivity contribution in [3.05, 3.63) is 60.8 Å². The molecule has 1 amide bonds. The molecule has 0 aromatic heterocycles. The summed E-state index contributed by atoms with van der Waals surface area (Å²) in [5, 5.41) is 23.4. The third-order valence-corrected chi connectivity index (χ3v) is 11.0. The van der Waals surface area contributed by atoms with Crippen molar-refractivity contribution in [3.8, 4) is 0 Å². The van der Waals surface area contributed by atoms with Gasteiger partial charge < -0.3 is 15.5 Å². The Labute approximate surface area is 345 Å². The maximum atomic E-state index is 12.6. The fourth-order valence-corrected chi connectivity index (χ4v) is 7.43. The normalized spacial score (nSPS) is 14.3. The molecule has 56 heavy (non-hydrogen) atoms. The van der Waals surface area contributed by atoms with E-state index < -0.39 is 40.0 Å². The highest BCUT2D eigenvalue weighted by Gasteiger charge is 2.27. The summed E-state index contributed by atoms with van der Waals surface area (Å²) >= 11 is 0. The minimum Gasteiger partial charge on any atom is -0.387 e. The summed E-state index contributed by atoms with van der Waals surface area (Å²) in [6.45, 7) is 4.51. The van der Waals surface area contributed by atoms with Crippen LogP contribution in [0.4, 0.5) is 0 Å². The smallest absolute Gasteiger partial charge is 0.267 e. The lowest BCUT2D eigenvalue weighted by molar-refractivity contribution is -0.130. The first-order valence-corrected chi connectivity index (χ1v) is 24.7. The van der Waals surface area contributed by atoms with Gasteiger partial charge >= 0.3 is 0 Å². The fourth-order valence-electron chi connectivity index (χ4n) is 6.69. The number of hydrogen-bond donors (Lipinski definition) is 4. The van der Waals surface area contributed by atoms with Crippen LogP contribution in [0, 0.1) is 0 Å². The molecule has 0 fully saturated rings. The number of unbranched alkanes of at least 4 members (excludes halogenated alkanes) is 24. The van der Waals surface area contributed by atoms with E-state index in [1.165, 1.54) is 115 Å². The van der Waals surface area contributed by atoms with Gasteiger partial charge in [0.1, 0.15) is 6.10 Å². The van der Waals surface area contributed by atoms with Crippen LogP contribution in [0.25, 0.3) is 0 Å². The average molecular weight is 806 g/mol. The molecule has 4 N–H and O–H groups in total. The Morgan fingerprint density at radius 3 is 1.29 bits per heavy atom. The van der Waals surface area contributed by atoms with E-state index in [0.717, 1.165) is 70.6 Å². The predicted octanol–water partition coefficient (Wildman–Crippen LogP) is 13.0. The van der Waals surface area contributed by atoms with Crippen molar-refractivity contribution in [2.24, 2.45) is 0 Å². The number of aliphatic hydroxyl groups excluding tert-OH is 2. The third kappa shape index (κ3) is 40.2. The number of amides is 1. The van der Waals surface area contributed by atoms with E-state index in [0.29, 0.717) is 12.8 Å². The van der Waals surface area contributed by atoms with E-state index in [4.69, 9.17) is 0 Å². The molecule has 0 spiro atoms. The third-order valence-electron chi connectivity index (χ3n) is 10.3. The molecule has 7 nitrogen and oxygen atoms in total. The fraction of sp³-hybridized carbons (Fsp3) is 0.771. The van der Waals surface area contributed by atoms with Gasteiger partial charge in [-0.05, 0) is 77.0 Å². The predicted molar refractivity (Wildman–Crippen MR) is 241 cm³/mol. The zero-order valence-corrected chi connectivity index (χ0v) is 36.9. The van der Waals surface area contributed by atoms with Gasteiger partial charge in [0.2, 0.25) is 5.91 Å². The summed E-state index contributed by atoms with van der Waals surface area (Å²) in [5.74, 6) is -1.58. The Hall–Kier alpha value is -2.00. The summed E-state index contributed by atoms with van der Waals surface area (Å²) in [7, 11) is -4.46. The standard InChI is InChI=1S/C48H87NO6S/c1-3-5-7-9-11-13-15-17-19-21-22-23-24-25-27-29-31-33-35-37-39-41-43-47(51)48(52)49-45(44-56(53,54)55)46(50)42-40-38-36-34-32-30-28-26-20-18-16-14-12-10-8-6-4-2/h20,22-23,25-27,32,34,40,42,45-47,50-51H,3-19,21,24,28-31,33,35-39,41,43-44H2,1-2H3,(H,49,52)(H,53,54,55)/b23-22-,26-20+,27-25-,34-32+,42-40+. The van der Waals surface area contributed by atoms with Crippen molar-refractivity contribution in [2.45, 2.75) is 231 Å². The zero-order valence-electron chi connectivity index (χ0n) is 36.1. The Morgan fingerprint density at radius 2 is 0.857 bits per heavy atom. The lowest BCUT2D eigenvalue weighted by Gasteiger charge is -2.22. The molecule has 0 saturated carbocycles. The molecule has 0 radical (unpaired) electrons. The zero-order chi connectivity index (χ0) is 41.2. The van der Waals surface area contributed by atoms with E-state index in [9.17, 15) is 28.0 Å². The molecule has 0 aliphatic carbocycles. The minimum absolute atomic E-state index is 0.257. The molecule has 8 heteroatoms. The summed E-state index contributed by atoms with van der Waals surface area (Å²) in [5.41, 5.74) is 0. The van der Waals surface area contributed by atoms with Crippen LogP contribution in [0.15, 0.2) is 60.8 Å². The second kappa shape index (κ2) is 41.2. The topological polar surface area (TPSA) is 124 Å². The van der Waals surface area contributed by atoms with Crippen molar-refractivity contribution < 1.29 is 28.0 Å². The highest BCUT2D eigenvalue weighted by Crippen LogP contribution is 2.13. The summed E-state index contributed by atoms with van der Waals surface area (Å²) in [4.78, 5) is 12.6. The van der Waals surface area contributed by atoms with Gasteiger partial charge in [0, 0.05) is 0 Å². The molecule has 0 bridgehead atoms. The number of nitrogens with one attached hydrogen (secondary N) is 1. The van der Waals surface area contributed by atoms with E-state index in [1.807, 2.05) is 0 Å². The van der Waals surface area contributed by atoms with Gasteiger partial charge in [0.05, 0.1) is 17.9 Å². The SMILES string of the molecule is CCCCCCCCC/C=C/CC/C=C/CC/C=C/C(O)C(CS(=O)(=O)O)NC(=O)C(O)CCCCCCCC/C=C\C/C=C\CCCCCCCCCCC. The van der Waals surface area contributed by atoms with Crippen molar-refractivity contribution >= 4 is 16.0 Å². The molecular weight excluding hydrogens is 719 g/mol. The Kier molecular flexibility index (Phi) is 39.7. The first-order valence-electron chi connectivity index (χ1n) is 23.1. The van der Waals surface area contributed by atoms with Crippen molar-refractivity contribution in [1.82, 2.24) is 5.32 Å². The van der Waals surface area contributed by atoms with E-state index in [1.54, 1.807) is 6.08 Å². The van der Waals surface area contributed by atoms with Crippen molar-refractivity contribution in [1.29, 1.82) is 0 Å². The van der Waals surface area contributed by atoms with Gasteiger partial charge in [-0.3, -0.25) is 9.35 Å². The number of carbonyl (C=O) groups excluding carboxylic acids is 1. The van der Waals surface area contributed by atoms with Crippen LogP contribution in [0.1, 0.15) is 213 Å². The van der Waals surface area contributed by atoms with E-state index in [-0.39, 0.29) is 6.42 Å². The van der Waals surface area contributed by atoms with Crippen LogP contribution in [-0.4, -0.2) is 53.1 Å². The second-order valence-electron chi connectivity index (χ2n) is 15.8. The van der Waals surface area contributed by atoms with Crippen LogP contribution in [0.5, 0.6) is 0 Å². The van der Waals surface area contributed by atoms with Gasteiger partial charge in [0.15, 0.2) is 0 Å². The molecular formula is C48H87NO6S. The number of hydrogen-bond acceptors (Lipinski definition) is 5. The summed E-state index contributed by atoms with van der Waals surface area (Å²) in [6.07, 6.45) is 54.2. The molecule has 0 aliphatic rings. The number of allylic oxidation sites excluding steroid dienone is 9. The van der Waals surface area contributed by atoms with Crippen molar-refractivity contribution in [3.63, 3.8) is 0 Å². The lowest BCUT2D eigenvalue weighted by Crippen LogP contribution is -2.50. The number of aliphatic hydroxyl groups is 2. The van der Waals surface area contributed by atoms with Crippen LogP contribution in [0.3, 0.4) is 0 Å². The van der Waals surface area contributed by atoms with E-state index >= 15 is 0 Å². The molecule has 0 rings (SSSR count). The van der Waals surface area contributed by atoms with Crippen LogP contribution in [-0.2, 0) is 14.9 Å². The highest BCUT2D eigenvalue weighted by atomic mass is 32.2. The second-order valence-corrected chi connectivity index (χ2v) is 17.3. The van der Waals surface area contributed by atoms with Crippen LogP contribution < -0.4 is 5.32 Å². The molecule has 3 unspecified atom stereocenters. The molecule has 3 atom stereocenters. The summed E-state index contributed by atoms with van der Waals surface area (Å²) < 4.78 is 32.6. The average Bonchev–Trinajstić information content (AvgIpc) is 3.17. The number of carbonyl (C=O) groups is 1. The van der Waals surface area contributed by atoms with Crippen molar-refractivity contribution in [2.75, 3.05) is 5.75 Å². The largest absolute Gasteiger partial charge is 0.387 e. The molecule has 0 saturated heterocycles. The van der Waals surface area contributed by atoms with E-state index in [2.05, 4.69) is 67.8 Å². The maximum absolute atomic E-state index is 12.6. The Morgan fingerprint density at radius 1 is 0.500 bits per heavy atom. The van der Waals surface area contributed by atoms with Gasteiger partial charge in [0.25, 0.3) is 10.1 Å². The quantitative estimate of drug-likeness (QED) is 0.0277. The molecule has 0 heterocycles. The van der Waals surface area contributed by atoms with Gasteiger partial charge in [-0.2, -0.15) is 8.42 Å². The van der Waals surface area contributed by atoms with Crippen LogP contribution in [0.2, 0.25) is 0 Å². The Balaban J connectivity index is 4.05. The first kappa shape index (κ1) is 54.0. The highest BCUT2D eigenvalue weighted by molar-refractivity contribution is 7.85. The Bertz CT molecular complexity index is 1130. The van der Waals surface area contributed by atoms with Gasteiger partial charge in [-0.15, -0.1) is 0 Å². The lowest BCUT2D eigenvalue weighted by atomic mass is 10.0. The van der Waals surface area contributed by atoms with Crippen LogP contribution >= 0.6 is 0 Å². The summed E-state index contributed by atoms with van der Waals surface area (Å²) in [6, 6.07) is -1.26. The maximum Gasteiger partial charge on any atom is 0.267 e. The molecule has 0 aromatic rings. The number of rotatable bonds is 41. The monoisotopic (exact) mass is 806 g/mol. The first-order chi connectivity index (χ1) is 27.2. The molecule has 326 valence electrons.